The first-order valence-corrected chi connectivity index (χ1v) is 6.70. The van der Waals surface area contributed by atoms with E-state index >= 15 is 0 Å². The van der Waals surface area contributed by atoms with Crippen molar-refractivity contribution in [3.05, 3.63) is 23.8 Å². The van der Waals surface area contributed by atoms with E-state index in [-0.39, 0.29) is 11.2 Å². The highest BCUT2D eigenvalue weighted by Gasteiger charge is 2.73. The highest BCUT2D eigenvalue weighted by Crippen LogP contribution is 2.68. The van der Waals surface area contributed by atoms with Crippen molar-refractivity contribution in [1.29, 1.82) is 0 Å². The summed E-state index contributed by atoms with van der Waals surface area (Å²) < 4.78 is 38.7. The van der Waals surface area contributed by atoms with Gasteiger partial charge in [-0.1, -0.05) is 0 Å². The van der Waals surface area contributed by atoms with Gasteiger partial charge in [-0.3, -0.25) is 0 Å². The van der Waals surface area contributed by atoms with E-state index in [0.717, 1.165) is 12.8 Å². The maximum absolute atomic E-state index is 12.9. The first kappa shape index (κ1) is 11.4. The molecule has 102 valence electrons. The Morgan fingerprint density at radius 1 is 1.21 bits per heavy atom. The molecule has 3 aliphatic rings. The molecule has 1 aromatic rings. The lowest BCUT2D eigenvalue weighted by atomic mass is 9.74. The monoisotopic (exact) mass is 268 g/mol. The first-order chi connectivity index (χ1) is 8.94. The minimum atomic E-state index is -4.37. The van der Waals surface area contributed by atoms with E-state index < -0.39 is 11.7 Å². The molecule has 0 aromatic heterocycles. The zero-order chi connectivity index (χ0) is 13.4. The van der Waals surface area contributed by atoms with Crippen LogP contribution in [0, 0.1) is 5.92 Å². The van der Waals surface area contributed by atoms with Gasteiger partial charge in [0, 0.05) is 11.4 Å². The Bertz CT molecular complexity index is 554. The Kier molecular flexibility index (Phi) is 1.92. The van der Waals surface area contributed by atoms with Crippen molar-refractivity contribution in [2.75, 3.05) is 10.6 Å². The van der Waals surface area contributed by atoms with E-state index in [1.807, 2.05) is 0 Å². The minimum absolute atomic E-state index is 0.189. The van der Waals surface area contributed by atoms with E-state index in [1.54, 1.807) is 6.07 Å². The molecule has 3 unspecified atom stereocenters. The van der Waals surface area contributed by atoms with Gasteiger partial charge < -0.3 is 10.6 Å². The largest absolute Gasteiger partial charge is 0.418 e. The van der Waals surface area contributed by atoms with Crippen molar-refractivity contribution in [1.82, 2.24) is 0 Å². The van der Waals surface area contributed by atoms with Crippen molar-refractivity contribution in [3.63, 3.8) is 0 Å². The lowest BCUT2D eigenvalue weighted by Crippen LogP contribution is -2.37. The predicted octanol–water partition coefficient (Wildman–Crippen LogP) is 3.42. The average Bonchev–Trinajstić information content (AvgIpc) is 2.91. The van der Waals surface area contributed by atoms with Gasteiger partial charge in [-0.15, -0.1) is 0 Å². The molecule has 1 aliphatic heterocycles. The number of nitrogens with two attached hydrogens (primary N) is 1. The highest BCUT2D eigenvalue weighted by atomic mass is 19.4. The number of alkyl halides is 3. The van der Waals surface area contributed by atoms with E-state index in [2.05, 4.69) is 4.90 Å². The third-order valence-electron chi connectivity index (χ3n) is 5.28. The van der Waals surface area contributed by atoms with Gasteiger partial charge in [-0.2, -0.15) is 13.2 Å². The Labute approximate surface area is 109 Å². The van der Waals surface area contributed by atoms with E-state index in [4.69, 9.17) is 5.73 Å². The molecule has 1 spiro atoms. The Morgan fingerprint density at radius 2 is 2.00 bits per heavy atom. The van der Waals surface area contributed by atoms with E-state index in [9.17, 15) is 13.2 Å². The number of nitrogen functional groups attached to an aromatic ring is 1. The number of nitrogens with zero attached hydrogens (tertiary/aromatic N) is 1. The zero-order valence-corrected chi connectivity index (χ0v) is 10.4. The molecule has 2 nitrogen and oxygen atoms in total. The van der Waals surface area contributed by atoms with Crippen LogP contribution in [0.1, 0.15) is 31.2 Å². The van der Waals surface area contributed by atoms with Crippen LogP contribution in [0.2, 0.25) is 0 Å². The van der Waals surface area contributed by atoms with Crippen molar-refractivity contribution >= 4 is 11.4 Å². The zero-order valence-electron chi connectivity index (χ0n) is 10.4. The molecule has 5 heteroatoms. The lowest BCUT2D eigenvalue weighted by molar-refractivity contribution is -0.136. The van der Waals surface area contributed by atoms with Gasteiger partial charge in [-0.05, 0) is 49.8 Å². The van der Waals surface area contributed by atoms with E-state index in [1.165, 1.54) is 25.0 Å². The second-order valence-electron chi connectivity index (χ2n) is 5.96. The summed E-state index contributed by atoms with van der Waals surface area (Å²) in [7, 11) is 0. The summed E-state index contributed by atoms with van der Waals surface area (Å²) in [6, 6.07) is 4.80. The fourth-order valence-electron chi connectivity index (χ4n) is 4.30. The molecule has 0 radical (unpaired) electrons. The second-order valence-corrected chi connectivity index (χ2v) is 5.96. The van der Waals surface area contributed by atoms with Crippen molar-refractivity contribution in [3.8, 4) is 0 Å². The third-order valence-corrected chi connectivity index (χ3v) is 5.28. The predicted molar refractivity (Wildman–Crippen MR) is 66.8 cm³/mol. The van der Waals surface area contributed by atoms with Gasteiger partial charge in [0.1, 0.15) is 0 Å². The van der Waals surface area contributed by atoms with Crippen LogP contribution in [-0.2, 0) is 6.18 Å². The van der Waals surface area contributed by atoms with Crippen molar-refractivity contribution in [2.45, 2.75) is 43.4 Å². The molecule has 0 bridgehead atoms. The maximum atomic E-state index is 12.9. The fraction of sp³-hybridized carbons (Fsp3) is 0.571. The number of benzene rings is 1. The smallest absolute Gasteiger partial charge is 0.398 e. The maximum Gasteiger partial charge on any atom is 0.418 e. The summed E-state index contributed by atoms with van der Waals surface area (Å²) in [5, 5.41) is 0. The number of rotatable bonds is 1. The molecule has 0 amide bonds. The summed E-state index contributed by atoms with van der Waals surface area (Å²) in [6.45, 7) is 0. The fourth-order valence-corrected chi connectivity index (χ4v) is 4.30. The number of halogens is 3. The van der Waals surface area contributed by atoms with Crippen LogP contribution < -0.4 is 10.6 Å². The van der Waals surface area contributed by atoms with Gasteiger partial charge in [-0.25, -0.2) is 0 Å². The number of piperidine rings is 1. The molecule has 1 aromatic carbocycles. The summed E-state index contributed by atoms with van der Waals surface area (Å²) in [4.78, 5) is 2.19. The normalized spacial score (nSPS) is 35.6. The van der Waals surface area contributed by atoms with Gasteiger partial charge in [0.05, 0.1) is 17.1 Å². The lowest BCUT2D eigenvalue weighted by Gasteiger charge is -2.36. The van der Waals surface area contributed by atoms with Gasteiger partial charge in [0.25, 0.3) is 0 Å². The summed E-state index contributed by atoms with van der Waals surface area (Å²) >= 11 is 0. The third kappa shape index (κ3) is 1.28. The topological polar surface area (TPSA) is 29.0 Å². The van der Waals surface area contributed by atoms with Crippen LogP contribution in [0.25, 0.3) is 0 Å². The number of hydrogen-bond donors (Lipinski definition) is 1. The molecular weight excluding hydrogens is 253 g/mol. The number of hydrogen-bond acceptors (Lipinski definition) is 2. The minimum Gasteiger partial charge on any atom is -0.398 e. The average molecular weight is 268 g/mol. The number of anilines is 2. The summed E-state index contributed by atoms with van der Waals surface area (Å²) in [5.74, 6) is 0.699. The standard InChI is InChI=1S/C14H15F3N2/c15-14(16,17)10-7-9(2-3-11(10)18)19-12-4-1-8-5-6-13(8,12)19/h2-3,7-8,12H,1,4-6,18H2. The van der Waals surface area contributed by atoms with Crippen LogP contribution in [-0.4, -0.2) is 11.6 Å². The van der Waals surface area contributed by atoms with Crippen LogP contribution in [0.15, 0.2) is 18.2 Å². The Hall–Kier alpha value is -1.39. The summed E-state index contributed by atoms with van der Waals surface area (Å²) in [5.41, 5.74) is 5.45. The Balaban J connectivity index is 1.71. The SMILES string of the molecule is Nc1ccc(N2C3CCC4CCC432)cc1C(F)(F)F. The highest BCUT2D eigenvalue weighted by molar-refractivity contribution is 5.68. The van der Waals surface area contributed by atoms with Crippen LogP contribution in [0.3, 0.4) is 0 Å². The van der Waals surface area contributed by atoms with Gasteiger partial charge in [0.15, 0.2) is 0 Å². The summed E-state index contributed by atoms with van der Waals surface area (Å²) in [6.07, 6.45) is 0.350. The molecule has 2 aliphatic carbocycles. The Morgan fingerprint density at radius 3 is 2.58 bits per heavy atom. The molecule has 19 heavy (non-hydrogen) atoms. The van der Waals surface area contributed by atoms with Crippen LogP contribution in [0.5, 0.6) is 0 Å². The molecule has 2 N–H and O–H groups in total. The van der Waals surface area contributed by atoms with Crippen molar-refractivity contribution in [2.24, 2.45) is 5.92 Å². The molecule has 4 rings (SSSR count). The molecule has 3 atom stereocenters. The molecule has 3 fully saturated rings. The second kappa shape index (κ2) is 3.19. The van der Waals surface area contributed by atoms with E-state index in [0.29, 0.717) is 17.6 Å². The molecule has 1 heterocycles. The van der Waals surface area contributed by atoms with Crippen molar-refractivity contribution < 1.29 is 13.2 Å². The van der Waals surface area contributed by atoms with Gasteiger partial charge in [0.2, 0.25) is 0 Å². The van der Waals surface area contributed by atoms with Crippen LogP contribution >= 0.6 is 0 Å². The molecule has 1 saturated heterocycles. The van der Waals surface area contributed by atoms with Gasteiger partial charge >= 0.3 is 6.18 Å². The van der Waals surface area contributed by atoms with Crippen LogP contribution in [0.4, 0.5) is 24.5 Å². The quantitative estimate of drug-likeness (QED) is 0.624. The molecular formula is C14H15F3N2. The molecule has 2 saturated carbocycles. The first-order valence-electron chi connectivity index (χ1n) is 6.70.